The first-order valence-corrected chi connectivity index (χ1v) is 8.95. The van der Waals surface area contributed by atoms with Gasteiger partial charge in [0.1, 0.15) is 11.5 Å². The zero-order valence-electron chi connectivity index (χ0n) is 14.0. The molecule has 0 saturated heterocycles. The summed E-state index contributed by atoms with van der Waals surface area (Å²) in [6.45, 7) is -0.268. The van der Waals surface area contributed by atoms with E-state index in [0.717, 1.165) is 22.7 Å². The molecule has 0 amide bonds. The fraction of sp³-hybridized carbons (Fsp3) is 0.222. The number of hydrazone groups is 1. The smallest absolute Gasteiger partial charge is 0.387 e. The number of nitrogens with one attached hydrogen (secondary N) is 1. The van der Waals surface area contributed by atoms with E-state index in [9.17, 15) is 8.78 Å². The first-order valence-electron chi connectivity index (χ1n) is 7.96. The summed E-state index contributed by atoms with van der Waals surface area (Å²) in [7, 11) is 0. The lowest BCUT2D eigenvalue weighted by Gasteiger charge is -2.15. The normalized spacial score (nSPS) is 15.5. The quantitative estimate of drug-likeness (QED) is 0.810. The topological polar surface area (TPSA) is 55.2 Å². The lowest BCUT2D eigenvalue weighted by Crippen LogP contribution is -2.25. The van der Waals surface area contributed by atoms with Crippen LogP contribution in [-0.2, 0) is 0 Å². The lowest BCUT2D eigenvalue weighted by molar-refractivity contribution is -0.0498. The van der Waals surface area contributed by atoms with Crippen molar-refractivity contribution < 1.29 is 18.3 Å². The maximum Gasteiger partial charge on any atom is 0.387 e. The van der Waals surface area contributed by atoms with Gasteiger partial charge in [0.15, 0.2) is 5.17 Å². The molecule has 8 heteroatoms. The first-order chi connectivity index (χ1) is 12.6. The lowest BCUT2D eigenvalue weighted by atomic mass is 10.1. The molecule has 2 aromatic carbocycles. The monoisotopic (exact) mass is 377 g/mol. The number of nitrogens with zero attached hydrogens (tertiary/aromatic N) is 2. The second kappa shape index (κ2) is 8.66. The summed E-state index contributed by atoms with van der Waals surface area (Å²) in [5.41, 5.74) is 5.37. The number of ether oxygens (including phenoxy) is 2. The highest BCUT2D eigenvalue weighted by Gasteiger charge is 2.14. The molecule has 1 N–H and O–H groups in total. The highest BCUT2D eigenvalue weighted by atomic mass is 32.2. The van der Waals surface area contributed by atoms with Gasteiger partial charge in [-0.05, 0) is 61.0 Å². The van der Waals surface area contributed by atoms with Gasteiger partial charge in [0.05, 0.1) is 18.0 Å². The molecule has 0 atom stereocenters. The van der Waals surface area contributed by atoms with Gasteiger partial charge >= 0.3 is 6.61 Å². The molecule has 1 aliphatic rings. The summed E-state index contributed by atoms with van der Waals surface area (Å²) < 4.78 is 34.1. The maximum absolute atomic E-state index is 12.2. The summed E-state index contributed by atoms with van der Waals surface area (Å²) in [6.07, 6.45) is 0. The van der Waals surface area contributed by atoms with E-state index in [2.05, 4.69) is 20.3 Å². The molecule has 26 heavy (non-hydrogen) atoms. The van der Waals surface area contributed by atoms with E-state index in [-0.39, 0.29) is 5.75 Å². The number of thioether (sulfide) groups is 1. The summed E-state index contributed by atoms with van der Waals surface area (Å²) in [5.74, 6) is 1.55. The molecule has 0 fully saturated rings. The van der Waals surface area contributed by atoms with Gasteiger partial charge in [0.2, 0.25) is 0 Å². The molecular weight excluding hydrogens is 360 g/mol. The number of benzene rings is 2. The minimum atomic E-state index is -2.83. The molecule has 5 nitrogen and oxygen atoms in total. The number of rotatable bonds is 6. The van der Waals surface area contributed by atoms with Crippen molar-refractivity contribution in [2.24, 2.45) is 10.1 Å². The Morgan fingerprint density at radius 3 is 2.38 bits per heavy atom. The molecule has 0 saturated carbocycles. The van der Waals surface area contributed by atoms with Crippen LogP contribution >= 0.6 is 11.8 Å². The van der Waals surface area contributed by atoms with Crippen LogP contribution in [-0.4, -0.2) is 29.9 Å². The summed E-state index contributed by atoms with van der Waals surface area (Å²) in [6, 6.07) is 13.9. The Kier molecular flexibility index (Phi) is 6.06. The molecule has 3 rings (SSSR count). The number of hydrogen-bond donors (Lipinski definition) is 1. The molecule has 2 aromatic rings. The Morgan fingerprint density at radius 1 is 1.12 bits per heavy atom. The van der Waals surface area contributed by atoms with Crippen LogP contribution in [0.15, 0.2) is 58.6 Å². The van der Waals surface area contributed by atoms with Gasteiger partial charge in [-0.15, -0.1) is 0 Å². The second-order valence-corrected chi connectivity index (χ2v) is 6.17. The minimum absolute atomic E-state index is 0.124. The molecule has 1 aliphatic heterocycles. The van der Waals surface area contributed by atoms with E-state index < -0.39 is 6.61 Å². The number of aliphatic imine (C=N–C) groups is 1. The molecule has 136 valence electrons. The molecular formula is C18H17F2N3O2S. The molecule has 0 spiro atoms. The number of alkyl halides is 2. The van der Waals surface area contributed by atoms with Crippen LogP contribution < -0.4 is 14.9 Å². The van der Waals surface area contributed by atoms with Crippen LogP contribution in [0.2, 0.25) is 0 Å². The third kappa shape index (κ3) is 4.95. The van der Waals surface area contributed by atoms with Gasteiger partial charge in [-0.1, -0.05) is 11.8 Å². The van der Waals surface area contributed by atoms with E-state index in [4.69, 9.17) is 4.74 Å². The number of halogens is 2. The summed E-state index contributed by atoms with van der Waals surface area (Å²) >= 11 is 1.52. The van der Waals surface area contributed by atoms with Gasteiger partial charge in [-0.2, -0.15) is 13.9 Å². The van der Waals surface area contributed by atoms with E-state index in [1.807, 2.05) is 31.2 Å². The fourth-order valence-electron chi connectivity index (χ4n) is 2.25. The van der Waals surface area contributed by atoms with Crippen molar-refractivity contribution in [2.75, 3.05) is 12.4 Å². The number of hydrogen-bond acceptors (Lipinski definition) is 5. The standard InChI is InChI=1S/C18H17F2N3O2S/c1-2-24-14-9-5-13(6-10-14)21-18-23-22-16(11-26-18)12-3-7-15(8-4-12)25-17(19)20/h3-10,17H,2,11H2,1H3,(H,21,23). The minimum Gasteiger partial charge on any atom is -0.494 e. The Labute approximate surface area is 154 Å². The first kappa shape index (κ1) is 18.2. The van der Waals surface area contributed by atoms with Crippen molar-refractivity contribution in [1.82, 2.24) is 5.43 Å². The Bertz CT molecular complexity index is 793. The van der Waals surface area contributed by atoms with Gasteiger partial charge in [-0.3, -0.25) is 5.43 Å². The van der Waals surface area contributed by atoms with Crippen molar-refractivity contribution in [3.63, 3.8) is 0 Å². The van der Waals surface area contributed by atoms with E-state index in [1.165, 1.54) is 23.9 Å². The maximum atomic E-state index is 12.2. The van der Waals surface area contributed by atoms with Crippen LogP contribution in [0.3, 0.4) is 0 Å². The van der Waals surface area contributed by atoms with Crippen LogP contribution in [0.4, 0.5) is 14.5 Å². The zero-order valence-corrected chi connectivity index (χ0v) is 14.8. The van der Waals surface area contributed by atoms with Crippen LogP contribution in [0, 0.1) is 0 Å². The summed E-state index contributed by atoms with van der Waals surface area (Å²) in [5, 5.41) is 5.01. The fourth-order valence-corrected chi connectivity index (χ4v) is 3.04. The van der Waals surface area contributed by atoms with Gasteiger partial charge < -0.3 is 9.47 Å². The molecule has 0 unspecified atom stereocenters. The molecule has 1 heterocycles. The highest BCUT2D eigenvalue weighted by Crippen LogP contribution is 2.22. The van der Waals surface area contributed by atoms with Crippen LogP contribution in [0.25, 0.3) is 0 Å². The highest BCUT2D eigenvalue weighted by molar-refractivity contribution is 8.14. The van der Waals surface area contributed by atoms with Crippen molar-refractivity contribution in [1.29, 1.82) is 0 Å². The third-order valence-corrected chi connectivity index (χ3v) is 4.30. The number of amidine groups is 1. The zero-order chi connectivity index (χ0) is 18.4. The Hall–Kier alpha value is -2.61. The van der Waals surface area contributed by atoms with Crippen molar-refractivity contribution in [3.05, 3.63) is 54.1 Å². The summed E-state index contributed by atoms with van der Waals surface area (Å²) in [4.78, 5) is 4.50. The second-order valence-electron chi connectivity index (χ2n) is 5.21. The Morgan fingerprint density at radius 2 is 1.81 bits per heavy atom. The molecule has 0 bridgehead atoms. The predicted octanol–water partition coefficient (Wildman–Crippen LogP) is 4.41. The van der Waals surface area contributed by atoms with Crippen molar-refractivity contribution in [3.8, 4) is 11.5 Å². The molecule has 0 radical (unpaired) electrons. The van der Waals surface area contributed by atoms with Gasteiger partial charge in [0.25, 0.3) is 0 Å². The SMILES string of the molecule is CCOc1ccc(N=C2NN=C(c3ccc(OC(F)F)cc3)CS2)cc1. The van der Waals surface area contributed by atoms with E-state index in [1.54, 1.807) is 12.1 Å². The van der Waals surface area contributed by atoms with Gasteiger partial charge in [0, 0.05) is 5.75 Å². The van der Waals surface area contributed by atoms with Crippen molar-refractivity contribution >= 4 is 28.3 Å². The van der Waals surface area contributed by atoms with Crippen LogP contribution in [0.5, 0.6) is 11.5 Å². The molecule has 0 aromatic heterocycles. The van der Waals surface area contributed by atoms with E-state index in [0.29, 0.717) is 17.5 Å². The van der Waals surface area contributed by atoms with Gasteiger partial charge in [-0.25, -0.2) is 4.99 Å². The van der Waals surface area contributed by atoms with Crippen LogP contribution in [0.1, 0.15) is 12.5 Å². The molecule has 0 aliphatic carbocycles. The van der Waals surface area contributed by atoms with E-state index >= 15 is 0 Å². The average molecular weight is 377 g/mol. The largest absolute Gasteiger partial charge is 0.494 e. The third-order valence-electron chi connectivity index (χ3n) is 3.42. The predicted molar refractivity (Wildman–Crippen MR) is 99.9 cm³/mol. The van der Waals surface area contributed by atoms with Crippen molar-refractivity contribution in [2.45, 2.75) is 13.5 Å². The average Bonchev–Trinajstić information content (AvgIpc) is 2.64. The Balaban J connectivity index is 1.64.